The van der Waals surface area contributed by atoms with E-state index in [0.29, 0.717) is 19.5 Å². The van der Waals surface area contributed by atoms with Crippen molar-refractivity contribution in [2.75, 3.05) is 13.1 Å². The molecule has 0 bridgehead atoms. The van der Waals surface area contributed by atoms with Crippen molar-refractivity contribution < 1.29 is 9.53 Å². The molecule has 3 heteroatoms. The van der Waals surface area contributed by atoms with E-state index >= 15 is 0 Å². The molecule has 120 valence electrons. The quantitative estimate of drug-likeness (QED) is 0.868. The highest BCUT2D eigenvalue weighted by molar-refractivity contribution is 5.79. The van der Waals surface area contributed by atoms with Crippen LogP contribution < -0.4 is 0 Å². The molecule has 1 saturated heterocycles. The van der Waals surface area contributed by atoms with E-state index in [0.717, 1.165) is 5.56 Å². The maximum atomic E-state index is 12.5. The van der Waals surface area contributed by atoms with Gasteiger partial charge in [0.05, 0.1) is 18.6 Å². The largest absolute Gasteiger partial charge is 0.372 e. The summed E-state index contributed by atoms with van der Waals surface area (Å²) in [6.45, 7) is 5.41. The molecule has 0 N–H and O–H groups in total. The van der Waals surface area contributed by atoms with Gasteiger partial charge in [-0.2, -0.15) is 0 Å². The molecule has 0 unspecified atom stereocenters. The molecule has 1 amide bonds. The predicted octanol–water partition coefficient (Wildman–Crippen LogP) is 3.53. The van der Waals surface area contributed by atoms with E-state index in [1.165, 1.54) is 11.1 Å². The van der Waals surface area contributed by atoms with Crippen LogP contribution in [0.25, 0.3) is 11.1 Å². The Morgan fingerprint density at radius 3 is 2.13 bits per heavy atom. The van der Waals surface area contributed by atoms with Crippen molar-refractivity contribution in [3.05, 3.63) is 60.2 Å². The van der Waals surface area contributed by atoms with E-state index in [-0.39, 0.29) is 18.1 Å². The number of morpholine rings is 1. The average molecular weight is 309 g/mol. The van der Waals surface area contributed by atoms with E-state index in [2.05, 4.69) is 24.3 Å². The third-order valence-corrected chi connectivity index (χ3v) is 4.19. The van der Waals surface area contributed by atoms with Gasteiger partial charge in [0.25, 0.3) is 0 Å². The number of benzene rings is 2. The molecule has 0 aromatic heterocycles. The van der Waals surface area contributed by atoms with Crippen LogP contribution in [0.15, 0.2) is 54.6 Å². The lowest BCUT2D eigenvalue weighted by Gasteiger charge is -2.35. The third kappa shape index (κ3) is 3.99. The Balaban J connectivity index is 1.65. The molecule has 3 rings (SSSR count). The molecule has 3 nitrogen and oxygen atoms in total. The molecule has 0 spiro atoms. The fraction of sp³-hybridized carbons (Fsp3) is 0.350. The van der Waals surface area contributed by atoms with Crippen molar-refractivity contribution in [2.24, 2.45) is 0 Å². The van der Waals surface area contributed by atoms with Crippen LogP contribution >= 0.6 is 0 Å². The predicted molar refractivity (Wildman–Crippen MR) is 92.2 cm³/mol. The number of hydrogen-bond acceptors (Lipinski definition) is 2. The molecule has 0 saturated carbocycles. The number of amides is 1. The number of nitrogens with zero attached hydrogens (tertiary/aromatic N) is 1. The van der Waals surface area contributed by atoms with Gasteiger partial charge in [0, 0.05) is 13.1 Å². The van der Waals surface area contributed by atoms with Gasteiger partial charge >= 0.3 is 0 Å². The summed E-state index contributed by atoms with van der Waals surface area (Å²) in [6, 6.07) is 18.5. The highest BCUT2D eigenvalue weighted by Crippen LogP contribution is 2.20. The molecular formula is C20H23NO2. The smallest absolute Gasteiger partial charge is 0.227 e. The first-order chi connectivity index (χ1) is 11.1. The number of carbonyl (C=O) groups excluding carboxylic acids is 1. The Morgan fingerprint density at radius 2 is 1.52 bits per heavy atom. The summed E-state index contributed by atoms with van der Waals surface area (Å²) in [5.74, 6) is 0.180. The molecule has 0 radical (unpaired) electrons. The maximum absolute atomic E-state index is 12.5. The summed E-state index contributed by atoms with van der Waals surface area (Å²) in [5, 5.41) is 0. The Morgan fingerprint density at radius 1 is 0.957 bits per heavy atom. The van der Waals surface area contributed by atoms with E-state index < -0.39 is 0 Å². The highest BCUT2D eigenvalue weighted by Gasteiger charge is 2.25. The first kappa shape index (κ1) is 15.8. The molecular weight excluding hydrogens is 286 g/mol. The van der Waals surface area contributed by atoms with E-state index in [1.54, 1.807) is 0 Å². The number of carbonyl (C=O) groups is 1. The molecule has 23 heavy (non-hydrogen) atoms. The highest BCUT2D eigenvalue weighted by atomic mass is 16.5. The zero-order chi connectivity index (χ0) is 16.2. The van der Waals surface area contributed by atoms with Crippen LogP contribution in [-0.2, 0) is 16.0 Å². The van der Waals surface area contributed by atoms with Crippen LogP contribution in [0.4, 0.5) is 0 Å². The Kier molecular flexibility index (Phi) is 4.77. The summed E-state index contributed by atoms with van der Waals surface area (Å²) in [5.41, 5.74) is 3.43. The first-order valence-corrected chi connectivity index (χ1v) is 8.19. The SMILES string of the molecule is C[C@@H]1CN(C(=O)Cc2ccc(-c3ccccc3)cc2)C[C@@H](C)O1. The summed E-state index contributed by atoms with van der Waals surface area (Å²) < 4.78 is 5.69. The van der Waals surface area contributed by atoms with Gasteiger partial charge in [0.1, 0.15) is 0 Å². The minimum absolute atomic E-state index is 0.114. The van der Waals surface area contributed by atoms with Gasteiger partial charge in [-0.3, -0.25) is 4.79 Å². The lowest BCUT2D eigenvalue weighted by atomic mass is 10.0. The standard InChI is InChI=1S/C20H23NO2/c1-15-13-21(14-16(2)23-15)20(22)12-17-8-10-19(11-9-17)18-6-4-3-5-7-18/h3-11,15-16H,12-14H2,1-2H3/t15-,16-/m1/s1. The van der Waals surface area contributed by atoms with Crippen LogP contribution in [-0.4, -0.2) is 36.1 Å². The van der Waals surface area contributed by atoms with Gasteiger partial charge in [-0.1, -0.05) is 54.6 Å². The minimum Gasteiger partial charge on any atom is -0.372 e. The normalized spacial score (nSPS) is 21.2. The fourth-order valence-electron chi connectivity index (χ4n) is 3.11. The van der Waals surface area contributed by atoms with E-state index in [4.69, 9.17) is 4.74 Å². The lowest BCUT2D eigenvalue weighted by Crippen LogP contribution is -2.48. The van der Waals surface area contributed by atoms with Crippen LogP contribution in [0.1, 0.15) is 19.4 Å². The fourth-order valence-corrected chi connectivity index (χ4v) is 3.11. The number of rotatable bonds is 3. The van der Waals surface area contributed by atoms with Gasteiger partial charge < -0.3 is 9.64 Å². The van der Waals surface area contributed by atoms with Crippen molar-refractivity contribution in [1.82, 2.24) is 4.90 Å². The van der Waals surface area contributed by atoms with Gasteiger partial charge in [-0.25, -0.2) is 0 Å². The average Bonchev–Trinajstić information content (AvgIpc) is 2.55. The van der Waals surface area contributed by atoms with Crippen molar-refractivity contribution >= 4 is 5.91 Å². The molecule has 2 atom stereocenters. The summed E-state index contributed by atoms with van der Waals surface area (Å²) in [7, 11) is 0. The minimum atomic E-state index is 0.114. The zero-order valence-electron chi connectivity index (χ0n) is 13.7. The first-order valence-electron chi connectivity index (χ1n) is 8.19. The number of hydrogen-bond donors (Lipinski definition) is 0. The Bertz CT molecular complexity index is 641. The molecule has 2 aromatic carbocycles. The second-order valence-corrected chi connectivity index (χ2v) is 6.30. The van der Waals surface area contributed by atoms with Crippen LogP contribution in [0.2, 0.25) is 0 Å². The monoisotopic (exact) mass is 309 g/mol. The van der Waals surface area contributed by atoms with Crippen LogP contribution in [0.5, 0.6) is 0 Å². The molecule has 1 aliphatic rings. The van der Waals surface area contributed by atoms with Crippen molar-refractivity contribution in [2.45, 2.75) is 32.5 Å². The van der Waals surface area contributed by atoms with Crippen molar-refractivity contribution in [3.8, 4) is 11.1 Å². The second kappa shape index (κ2) is 6.97. The Hall–Kier alpha value is -2.13. The van der Waals surface area contributed by atoms with Crippen molar-refractivity contribution in [3.63, 3.8) is 0 Å². The van der Waals surface area contributed by atoms with Gasteiger partial charge in [0.2, 0.25) is 5.91 Å². The molecule has 1 fully saturated rings. The molecule has 1 aliphatic heterocycles. The van der Waals surface area contributed by atoms with Crippen LogP contribution in [0.3, 0.4) is 0 Å². The molecule has 0 aliphatic carbocycles. The summed E-state index contributed by atoms with van der Waals surface area (Å²) in [4.78, 5) is 14.4. The topological polar surface area (TPSA) is 29.5 Å². The van der Waals surface area contributed by atoms with Gasteiger partial charge in [-0.05, 0) is 30.5 Å². The third-order valence-electron chi connectivity index (χ3n) is 4.19. The molecule has 1 heterocycles. The zero-order valence-corrected chi connectivity index (χ0v) is 13.7. The van der Waals surface area contributed by atoms with E-state index in [9.17, 15) is 4.79 Å². The lowest BCUT2D eigenvalue weighted by molar-refractivity contribution is -0.142. The van der Waals surface area contributed by atoms with Crippen molar-refractivity contribution in [1.29, 1.82) is 0 Å². The van der Waals surface area contributed by atoms with Gasteiger partial charge in [0.15, 0.2) is 0 Å². The number of ether oxygens (including phenoxy) is 1. The van der Waals surface area contributed by atoms with Gasteiger partial charge in [-0.15, -0.1) is 0 Å². The maximum Gasteiger partial charge on any atom is 0.227 e. The van der Waals surface area contributed by atoms with E-state index in [1.807, 2.05) is 49.1 Å². The second-order valence-electron chi connectivity index (χ2n) is 6.30. The Labute approximate surface area is 137 Å². The molecule has 2 aromatic rings. The summed E-state index contributed by atoms with van der Waals surface area (Å²) in [6.07, 6.45) is 0.681. The summed E-state index contributed by atoms with van der Waals surface area (Å²) >= 11 is 0. The van der Waals surface area contributed by atoms with Crippen LogP contribution in [0, 0.1) is 0 Å².